The summed E-state index contributed by atoms with van der Waals surface area (Å²) in [4.78, 5) is 12.2. The number of nitrogens with one attached hydrogen (secondary N) is 1. The average molecular weight is 426 g/mol. The van der Waals surface area contributed by atoms with Crippen LogP contribution in [0.25, 0.3) is 6.08 Å². The highest BCUT2D eigenvalue weighted by Gasteiger charge is 2.06. The lowest BCUT2D eigenvalue weighted by atomic mass is 10.1. The molecule has 0 aliphatic rings. The molecule has 3 aromatic rings. The van der Waals surface area contributed by atoms with Crippen LogP contribution in [0.1, 0.15) is 16.7 Å². The van der Waals surface area contributed by atoms with Crippen molar-refractivity contribution < 1.29 is 18.7 Å². The SMILES string of the molecule is COc1cc(/C=C/C(=O)Nc2ccc(C)c(Cl)c2)ccc1OCc1ccc(F)cc1. The van der Waals surface area contributed by atoms with Crippen molar-refractivity contribution in [2.45, 2.75) is 13.5 Å². The van der Waals surface area contributed by atoms with Crippen LogP contribution in [0.3, 0.4) is 0 Å². The summed E-state index contributed by atoms with van der Waals surface area (Å²) in [7, 11) is 1.54. The minimum Gasteiger partial charge on any atom is -0.493 e. The van der Waals surface area contributed by atoms with Gasteiger partial charge in [-0.2, -0.15) is 0 Å². The van der Waals surface area contributed by atoms with Crippen molar-refractivity contribution in [3.63, 3.8) is 0 Å². The van der Waals surface area contributed by atoms with E-state index in [-0.39, 0.29) is 18.3 Å². The van der Waals surface area contributed by atoms with Crippen LogP contribution in [-0.4, -0.2) is 13.0 Å². The van der Waals surface area contributed by atoms with E-state index in [1.807, 2.05) is 19.1 Å². The van der Waals surface area contributed by atoms with Gasteiger partial charge in [0.1, 0.15) is 12.4 Å². The molecule has 3 aromatic carbocycles. The molecule has 1 N–H and O–H groups in total. The van der Waals surface area contributed by atoms with Crippen molar-refractivity contribution in [3.8, 4) is 11.5 Å². The number of halogens is 2. The molecule has 0 atom stereocenters. The number of amides is 1. The van der Waals surface area contributed by atoms with Crippen LogP contribution in [0.5, 0.6) is 11.5 Å². The quantitative estimate of drug-likeness (QED) is 0.470. The zero-order valence-electron chi connectivity index (χ0n) is 16.6. The average Bonchev–Trinajstić information content (AvgIpc) is 2.74. The topological polar surface area (TPSA) is 47.6 Å². The zero-order valence-corrected chi connectivity index (χ0v) is 17.4. The van der Waals surface area contributed by atoms with Crippen LogP contribution >= 0.6 is 11.6 Å². The fourth-order valence-electron chi connectivity index (χ4n) is 2.68. The van der Waals surface area contributed by atoms with E-state index in [1.165, 1.54) is 18.2 Å². The highest BCUT2D eigenvalue weighted by atomic mass is 35.5. The predicted octanol–water partition coefficient (Wildman–Crippen LogP) is 6.03. The maximum Gasteiger partial charge on any atom is 0.248 e. The van der Waals surface area contributed by atoms with Gasteiger partial charge in [0.05, 0.1) is 7.11 Å². The van der Waals surface area contributed by atoms with Gasteiger partial charge in [0.15, 0.2) is 11.5 Å². The summed E-state index contributed by atoms with van der Waals surface area (Å²) in [5.74, 6) is 0.523. The van der Waals surface area contributed by atoms with Gasteiger partial charge in [0.25, 0.3) is 0 Å². The fourth-order valence-corrected chi connectivity index (χ4v) is 2.86. The molecule has 0 unspecified atom stereocenters. The maximum atomic E-state index is 13.0. The molecule has 0 saturated heterocycles. The predicted molar refractivity (Wildman–Crippen MR) is 118 cm³/mol. The molecular formula is C24H21ClFNO3. The van der Waals surface area contributed by atoms with Gasteiger partial charge in [-0.15, -0.1) is 0 Å². The number of anilines is 1. The number of carbonyl (C=O) groups excluding carboxylic acids is 1. The van der Waals surface area contributed by atoms with Gasteiger partial charge in [-0.25, -0.2) is 4.39 Å². The highest BCUT2D eigenvalue weighted by molar-refractivity contribution is 6.31. The summed E-state index contributed by atoms with van der Waals surface area (Å²) in [6.07, 6.45) is 3.11. The Kier molecular flexibility index (Phi) is 7.09. The number of hydrogen-bond acceptors (Lipinski definition) is 3. The van der Waals surface area contributed by atoms with Crippen molar-refractivity contribution in [1.82, 2.24) is 0 Å². The van der Waals surface area contributed by atoms with Gasteiger partial charge >= 0.3 is 0 Å². The third kappa shape index (κ3) is 5.84. The Balaban J connectivity index is 1.63. The minimum absolute atomic E-state index is 0.273. The Bertz CT molecular complexity index is 1060. The molecule has 0 spiro atoms. The monoisotopic (exact) mass is 425 g/mol. The van der Waals surface area contributed by atoms with E-state index in [1.54, 1.807) is 49.6 Å². The van der Waals surface area contributed by atoms with Crippen molar-refractivity contribution in [1.29, 1.82) is 0 Å². The molecule has 0 saturated carbocycles. The maximum absolute atomic E-state index is 13.0. The Labute approximate surface area is 179 Å². The molecule has 3 rings (SSSR count). The molecule has 0 heterocycles. The second kappa shape index (κ2) is 9.94. The largest absolute Gasteiger partial charge is 0.493 e. The minimum atomic E-state index is -0.290. The first-order valence-electron chi connectivity index (χ1n) is 9.25. The summed E-state index contributed by atoms with van der Waals surface area (Å²) < 4.78 is 24.2. The van der Waals surface area contributed by atoms with Crippen LogP contribution in [0.15, 0.2) is 66.7 Å². The third-order valence-electron chi connectivity index (χ3n) is 4.36. The first kappa shape index (κ1) is 21.4. The van der Waals surface area contributed by atoms with Crippen molar-refractivity contribution in [2.24, 2.45) is 0 Å². The molecule has 30 heavy (non-hydrogen) atoms. The lowest BCUT2D eigenvalue weighted by Crippen LogP contribution is -2.07. The summed E-state index contributed by atoms with van der Waals surface area (Å²) in [5, 5.41) is 3.36. The molecular weight excluding hydrogens is 405 g/mol. The van der Waals surface area contributed by atoms with Crippen LogP contribution in [-0.2, 0) is 11.4 Å². The van der Waals surface area contributed by atoms with Gasteiger partial charge in [0, 0.05) is 16.8 Å². The van der Waals surface area contributed by atoms with Gasteiger partial charge < -0.3 is 14.8 Å². The number of benzene rings is 3. The molecule has 0 radical (unpaired) electrons. The smallest absolute Gasteiger partial charge is 0.248 e. The second-order valence-electron chi connectivity index (χ2n) is 6.61. The summed E-state index contributed by atoms with van der Waals surface area (Å²) in [6.45, 7) is 2.18. The summed E-state index contributed by atoms with van der Waals surface area (Å²) in [5.41, 5.74) is 3.19. The Hall–Kier alpha value is -3.31. The van der Waals surface area contributed by atoms with Gasteiger partial charge in [-0.3, -0.25) is 4.79 Å². The zero-order chi connectivity index (χ0) is 21.5. The highest BCUT2D eigenvalue weighted by Crippen LogP contribution is 2.29. The summed E-state index contributed by atoms with van der Waals surface area (Å²) >= 11 is 6.08. The Morgan fingerprint density at radius 3 is 2.53 bits per heavy atom. The van der Waals surface area contributed by atoms with E-state index < -0.39 is 0 Å². The fraction of sp³-hybridized carbons (Fsp3) is 0.125. The second-order valence-corrected chi connectivity index (χ2v) is 7.02. The normalized spacial score (nSPS) is 10.8. The van der Waals surface area contributed by atoms with Crippen LogP contribution in [0, 0.1) is 12.7 Å². The Morgan fingerprint density at radius 2 is 1.83 bits per heavy atom. The van der Waals surface area contributed by atoms with E-state index >= 15 is 0 Å². The summed E-state index contributed by atoms with van der Waals surface area (Å²) in [6, 6.07) is 16.8. The van der Waals surface area contributed by atoms with Gasteiger partial charge in [0.2, 0.25) is 5.91 Å². The van der Waals surface area contributed by atoms with Gasteiger partial charge in [-0.1, -0.05) is 35.9 Å². The first-order chi connectivity index (χ1) is 14.4. The van der Waals surface area contributed by atoms with Crippen LogP contribution < -0.4 is 14.8 Å². The molecule has 1 amide bonds. The number of methoxy groups -OCH3 is 1. The van der Waals surface area contributed by atoms with E-state index in [0.717, 1.165) is 16.7 Å². The molecule has 0 aliphatic heterocycles. The van der Waals surface area contributed by atoms with Crippen LogP contribution in [0.4, 0.5) is 10.1 Å². The van der Waals surface area contributed by atoms with E-state index in [9.17, 15) is 9.18 Å². The lowest BCUT2D eigenvalue weighted by molar-refractivity contribution is -0.111. The number of rotatable bonds is 7. The van der Waals surface area contributed by atoms with E-state index in [4.69, 9.17) is 21.1 Å². The van der Waals surface area contributed by atoms with Gasteiger partial charge in [-0.05, 0) is 66.1 Å². The van der Waals surface area contributed by atoms with E-state index in [0.29, 0.717) is 22.2 Å². The number of hydrogen-bond donors (Lipinski definition) is 1. The van der Waals surface area contributed by atoms with Crippen molar-refractivity contribution in [3.05, 3.63) is 94.3 Å². The molecule has 6 heteroatoms. The third-order valence-corrected chi connectivity index (χ3v) is 4.77. The molecule has 0 fully saturated rings. The molecule has 4 nitrogen and oxygen atoms in total. The van der Waals surface area contributed by atoms with Crippen molar-refractivity contribution >= 4 is 29.3 Å². The molecule has 0 aliphatic carbocycles. The molecule has 0 aromatic heterocycles. The number of ether oxygens (including phenoxy) is 2. The number of aryl methyl sites for hydroxylation is 1. The van der Waals surface area contributed by atoms with Crippen molar-refractivity contribution in [2.75, 3.05) is 12.4 Å². The standard InChI is InChI=1S/C24H21ClFNO3/c1-16-3-10-20(14-21(16)25)27-24(28)12-7-17-6-11-22(23(13-17)29-2)30-15-18-4-8-19(26)9-5-18/h3-14H,15H2,1-2H3,(H,27,28)/b12-7+. The van der Waals surface area contributed by atoms with E-state index in [2.05, 4.69) is 5.32 Å². The van der Waals surface area contributed by atoms with Crippen LogP contribution in [0.2, 0.25) is 5.02 Å². The molecule has 154 valence electrons. The molecule has 0 bridgehead atoms. The first-order valence-corrected chi connectivity index (χ1v) is 9.63. The number of carbonyl (C=O) groups is 1. The lowest BCUT2D eigenvalue weighted by Gasteiger charge is -2.11. The Morgan fingerprint density at radius 1 is 1.07 bits per heavy atom.